The Hall–Kier alpha value is -2.58. The number of aromatic nitrogens is 2. The van der Waals surface area contributed by atoms with Crippen LogP contribution < -0.4 is 10.1 Å². The third kappa shape index (κ3) is 4.33. The Morgan fingerprint density at radius 2 is 2.31 bits per heavy atom. The van der Waals surface area contributed by atoms with E-state index < -0.39 is 6.10 Å². The summed E-state index contributed by atoms with van der Waals surface area (Å²) in [5, 5.41) is 13.1. The second kappa shape index (κ2) is 8.20. The molecule has 0 spiro atoms. The highest BCUT2D eigenvalue weighted by Gasteiger charge is 2.29. The number of nitrogens with zero attached hydrogens (tertiary/aromatic N) is 3. The maximum absolute atomic E-state index is 14.1. The van der Waals surface area contributed by atoms with Gasteiger partial charge >= 0.3 is 0 Å². The number of methoxy groups -OCH3 is 1. The molecule has 2 N–H and O–H groups in total. The van der Waals surface area contributed by atoms with Gasteiger partial charge in [-0.05, 0) is 12.5 Å². The zero-order valence-corrected chi connectivity index (χ0v) is 14.4. The van der Waals surface area contributed by atoms with E-state index in [1.54, 1.807) is 12.1 Å². The third-order valence-electron chi connectivity index (χ3n) is 4.43. The molecular weight excluding hydrogens is 339 g/mol. The van der Waals surface area contributed by atoms with E-state index >= 15 is 0 Å². The molecule has 2 atom stereocenters. The van der Waals surface area contributed by atoms with Gasteiger partial charge in [0.05, 0.1) is 25.5 Å². The summed E-state index contributed by atoms with van der Waals surface area (Å²) in [4.78, 5) is 21.9. The summed E-state index contributed by atoms with van der Waals surface area (Å²) in [6.07, 6.45) is 4.12. The summed E-state index contributed by atoms with van der Waals surface area (Å²) in [6, 6.07) is 4.37. The van der Waals surface area contributed by atoms with E-state index in [2.05, 4.69) is 15.3 Å². The summed E-state index contributed by atoms with van der Waals surface area (Å²) in [7, 11) is 1.49. The molecule has 1 aromatic carbocycles. The number of aliphatic hydroxyl groups excluding tert-OH is 1. The quantitative estimate of drug-likeness (QED) is 0.827. The Kier molecular flexibility index (Phi) is 5.75. The van der Waals surface area contributed by atoms with Gasteiger partial charge in [0.25, 0.3) is 5.91 Å². The number of likely N-dealkylation sites (tertiary alicyclic amines) is 1. The highest BCUT2D eigenvalue weighted by Crippen LogP contribution is 2.20. The van der Waals surface area contributed by atoms with Gasteiger partial charge in [0.15, 0.2) is 0 Å². The van der Waals surface area contributed by atoms with Gasteiger partial charge in [0.1, 0.15) is 17.3 Å². The molecule has 0 bridgehead atoms. The van der Waals surface area contributed by atoms with Crippen molar-refractivity contribution in [3.63, 3.8) is 0 Å². The van der Waals surface area contributed by atoms with Crippen LogP contribution in [0, 0.1) is 5.82 Å². The van der Waals surface area contributed by atoms with Gasteiger partial charge in [-0.25, -0.2) is 9.37 Å². The Morgan fingerprint density at radius 1 is 1.46 bits per heavy atom. The average molecular weight is 360 g/mol. The Bertz CT molecular complexity index is 759. The highest BCUT2D eigenvalue weighted by atomic mass is 19.1. The molecular formula is C18H21FN4O3. The van der Waals surface area contributed by atoms with Crippen molar-refractivity contribution in [2.24, 2.45) is 0 Å². The second-order valence-electron chi connectivity index (χ2n) is 6.22. The number of amides is 1. The number of piperidine rings is 1. The fraction of sp³-hybridized carbons (Fsp3) is 0.389. The van der Waals surface area contributed by atoms with Crippen LogP contribution in [0.4, 0.5) is 4.39 Å². The van der Waals surface area contributed by atoms with Crippen molar-refractivity contribution in [1.82, 2.24) is 20.2 Å². The summed E-state index contributed by atoms with van der Waals surface area (Å²) in [5.74, 6) is -0.231. The lowest BCUT2D eigenvalue weighted by Gasteiger charge is -2.36. The largest absolute Gasteiger partial charge is 0.497 e. The van der Waals surface area contributed by atoms with Gasteiger partial charge in [0, 0.05) is 43.7 Å². The van der Waals surface area contributed by atoms with Crippen molar-refractivity contribution < 1.29 is 19.0 Å². The summed E-state index contributed by atoms with van der Waals surface area (Å²) >= 11 is 0. The van der Waals surface area contributed by atoms with Crippen LogP contribution in [0.25, 0.3) is 0 Å². The number of carbonyl (C=O) groups excluding carboxylic acids is 1. The van der Waals surface area contributed by atoms with E-state index in [1.165, 1.54) is 31.8 Å². The van der Waals surface area contributed by atoms with Crippen LogP contribution in [0.3, 0.4) is 0 Å². The molecule has 3 rings (SSSR count). The fourth-order valence-corrected chi connectivity index (χ4v) is 2.99. The van der Waals surface area contributed by atoms with E-state index in [9.17, 15) is 14.3 Å². The average Bonchev–Trinajstić information content (AvgIpc) is 2.66. The molecule has 1 aliphatic heterocycles. The zero-order valence-electron chi connectivity index (χ0n) is 14.4. The number of ether oxygens (including phenoxy) is 1. The van der Waals surface area contributed by atoms with Gasteiger partial charge in [-0.1, -0.05) is 6.07 Å². The van der Waals surface area contributed by atoms with Crippen LogP contribution in [0.2, 0.25) is 0 Å². The fourth-order valence-electron chi connectivity index (χ4n) is 2.99. The zero-order chi connectivity index (χ0) is 18.5. The first-order valence-electron chi connectivity index (χ1n) is 8.36. The monoisotopic (exact) mass is 360 g/mol. The van der Waals surface area contributed by atoms with Crippen molar-refractivity contribution in [3.8, 4) is 5.75 Å². The first kappa shape index (κ1) is 18.2. The topological polar surface area (TPSA) is 87.6 Å². The Labute approximate surface area is 150 Å². The van der Waals surface area contributed by atoms with E-state index in [-0.39, 0.29) is 23.5 Å². The lowest BCUT2D eigenvalue weighted by molar-refractivity contribution is 0.0344. The minimum Gasteiger partial charge on any atom is -0.497 e. The van der Waals surface area contributed by atoms with Crippen LogP contribution in [-0.2, 0) is 6.54 Å². The van der Waals surface area contributed by atoms with E-state index in [4.69, 9.17) is 4.74 Å². The number of benzene rings is 1. The maximum atomic E-state index is 14.1. The van der Waals surface area contributed by atoms with Gasteiger partial charge in [-0.15, -0.1) is 0 Å². The van der Waals surface area contributed by atoms with Crippen molar-refractivity contribution >= 4 is 5.91 Å². The molecule has 2 heterocycles. The molecule has 8 heteroatoms. The lowest BCUT2D eigenvalue weighted by atomic mass is 10.0. The molecule has 1 aromatic heterocycles. The number of nitrogens with one attached hydrogen (secondary N) is 1. The van der Waals surface area contributed by atoms with Crippen molar-refractivity contribution in [1.29, 1.82) is 0 Å². The molecule has 2 aromatic rings. The van der Waals surface area contributed by atoms with Gasteiger partial charge in [-0.3, -0.25) is 14.7 Å². The van der Waals surface area contributed by atoms with Gasteiger partial charge < -0.3 is 15.2 Å². The van der Waals surface area contributed by atoms with Crippen molar-refractivity contribution in [2.45, 2.75) is 25.1 Å². The van der Waals surface area contributed by atoms with Gasteiger partial charge in [0.2, 0.25) is 0 Å². The van der Waals surface area contributed by atoms with E-state index in [1.807, 2.05) is 4.90 Å². The van der Waals surface area contributed by atoms with Crippen LogP contribution in [0.15, 0.2) is 36.8 Å². The molecule has 1 fully saturated rings. The van der Waals surface area contributed by atoms with Gasteiger partial charge in [-0.2, -0.15) is 0 Å². The Morgan fingerprint density at radius 3 is 2.96 bits per heavy atom. The molecule has 26 heavy (non-hydrogen) atoms. The number of rotatable bonds is 5. The number of hydrogen-bond donors (Lipinski definition) is 2. The SMILES string of the molecule is COc1ccc(CN2CCC(NC(=O)c3cnccn3)C(O)C2)c(F)c1. The molecule has 2 unspecified atom stereocenters. The normalized spacial score (nSPS) is 20.6. The highest BCUT2D eigenvalue weighted by molar-refractivity contribution is 5.92. The smallest absolute Gasteiger partial charge is 0.271 e. The summed E-state index contributed by atoms with van der Waals surface area (Å²) in [6.45, 7) is 1.36. The lowest BCUT2D eigenvalue weighted by Crippen LogP contribution is -2.53. The second-order valence-corrected chi connectivity index (χ2v) is 6.22. The van der Waals surface area contributed by atoms with E-state index in [0.29, 0.717) is 37.4 Å². The number of aliphatic hydroxyl groups is 1. The number of halogens is 1. The van der Waals surface area contributed by atoms with Crippen LogP contribution in [0.1, 0.15) is 22.5 Å². The third-order valence-corrected chi connectivity index (χ3v) is 4.43. The number of carbonyl (C=O) groups is 1. The number of hydrogen-bond acceptors (Lipinski definition) is 6. The summed E-state index contributed by atoms with van der Waals surface area (Å²) in [5.41, 5.74) is 0.752. The molecule has 0 radical (unpaired) electrons. The molecule has 1 aliphatic rings. The van der Waals surface area contributed by atoms with Crippen LogP contribution in [-0.4, -0.2) is 58.2 Å². The molecule has 138 valence electrons. The molecule has 1 saturated heterocycles. The maximum Gasteiger partial charge on any atom is 0.271 e. The summed E-state index contributed by atoms with van der Waals surface area (Å²) < 4.78 is 19.1. The van der Waals surface area contributed by atoms with Crippen molar-refractivity contribution in [2.75, 3.05) is 20.2 Å². The standard InChI is InChI=1S/C18H21FN4O3/c1-26-13-3-2-12(14(19)8-13)10-23-7-4-15(17(24)11-23)22-18(25)16-9-20-5-6-21-16/h2-3,5-6,8-9,15,17,24H,4,7,10-11H2,1H3,(H,22,25). The van der Waals surface area contributed by atoms with Crippen molar-refractivity contribution in [3.05, 3.63) is 53.9 Å². The molecule has 1 amide bonds. The van der Waals surface area contributed by atoms with Crippen LogP contribution >= 0.6 is 0 Å². The molecule has 0 aliphatic carbocycles. The minimum atomic E-state index is -0.745. The minimum absolute atomic E-state index is 0.211. The predicted octanol–water partition coefficient (Wildman–Crippen LogP) is 0.989. The first-order valence-corrected chi connectivity index (χ1v) is 8.36. The van der Waals surface area contributed by atoms with Crippen LogP contribution in [0.5, 0.6) is 5.75 Å². The number of β-amino-alcohol motifs (C(OH)–C–C–N with tert-alkyl or cyclic N) is 1. The van der Waals surface area contributed by atoms with E-state index in [0.717, 1.165) is 0 Å². The molecule has 0 saturated carbocycles. The molecule has 7 nitrogen and oxygen atoms in total. The first-order chi connectivity index (χ1) is 12.6. The predicted molar refractivity (Wildman–Crippen MR) is 92.1 cm³/mol. The Balaban J connectivity index is 1.56.